The molecule has 0 radical (unpaired) electrons. The average Bonchev–Trinajstić information content (AvgIpc) is 3.07. The molecular formula is C15H15FN2O2. The normalized spacial score (nSPS) is 18.5. The first-order valence-electron chi connectivity index (χ1n) is 6.65. The number of amides is 1. The Balaban J connectivity index is 1.85. The summed E-state index contributed by atoms with van der Waals surface area (Å²) < 4.78 is 18.0. The molecular weight excluding hydrogens is 259 g/mol. The Labute approximate surface area is 116 Å². The lowest BCUT2D eigenvalue weighted by molar-refractivity contribution is 0.0731. The van der Waals surface area contributed by atoms with Gasteiger partial charge in [0, 0.05) is 18.2 Å². The highest BCUT2D eigenvalue weighted by Gasteiger charge is 2.32. The van der Waals surface area contributed by atoms with Crippen LogP contribution in [0.3, 0.4) is 0 Å². The number of hydrogen-bond acceptors (Lipinski definition) is 3. The number of carbonyl (C=O) groups excluding carboxylic acids is 1. The van der Waals surface area contributed by atoms with E-state index in [-0.39, 0.29) is 17.8 Å². The minimum Gasteiger partial charge on any atom is -0.361 e. The summed E-state index contributed by atoms with van der Waals surface area (Å²) in [5.41, 5.74) is 1.29. The lowest BCUT2D eigenvalue weighted by atomic mass is 10.1. The van der Waals surface area contributed by atoms with Gasteiger partial charge in [-0.1, -0.05) is 5.16 Å². The van der Waals surface area contributed by atoms with Crippen molar-refractivity contribution in [2.45, 2.75) is 25.8 Å². The van der Waals surface area contributed by atoms with Crippen LogP contribution in [0.15, 0.2) is 34.9 Å². The van der Waals surface area contributed by atoms with Crippen molar-refractivity contribution in [1.29, 1.82) is 0 Å². The summed E-state index contributed by atoms with van der Waals surface area (Å²) in [5, 5.41) is 4.01. The predicted octanol–water partition coefficient (Wildman–Crippen LogP) is 3.10. The van der Waals surface area contributed by atoms with Gasteiger partial charge >= 0.3 is 0 Å². The largest absolute Gasteiger partial charge is 0.361 e. The predicted molar refractivity (Wildman–Crippen MR) is 70.7 cm³/mol. The topological polar surface area (TPSA) is 46.3 Å². The Morgan fingerprint density at radius 2 is 2.15 bits per heavy atom. The quantitative estimate of drug-likeness (QED) is 0.845. The Morgan fingerprint density at radius 3 is 2.80 bits per heavy atom. The van der Waals surface area contributed by atoms with Crippen LogP contribution in [0.2, 0.25) is 0 Å². The fourth-order valence-electron chi connectivity index (χ4n) is 2.62. The molecule has 1 aromatic heterocycles. The number of carbonyl (C=O) groups is 1. The van der Waals surface area contributed by atoms with Crippen molar-refractivity contribution in [3.05, 3.63) is 53.2 Å². The summed E-state index contributed by atoms with van der Waals surface area (Å²) in [6.45, 7) is 2.52. The summed E-state index contributed by atoms with van der Waals surface area (Å²) in [6, 6.07) is 7.45. The number of likely N-dealkylation sites (tertiary alicyclic amines) is 1. The van der Waals surface area contributed by atoms with Crippen LogP contribution in [0.5, 0.6) is 0 Å². The number of hydrogen-bond donors (Lipinski definition) is 0. The molecule has 1 aromatic carbocycles. The average molecular weight is 274 g/mol. The molecule has 0 unspecified atom stereocenters. The number of nitrogens with zero attached hydrogens (tertiary/aromatic N) is 2. The molecule has 20 heavy (non-hydrogen) atoms. The molecule has 0 spiro atoms. The van der Waals surface area contributed by atoms with Crippen molar-refractivity contribution in [3.8, 4) is 0 Å². The molecule has 104 valence electrons. The van der Waals surface area contributed by atoms with Crippen molar-refractivity contribution in [1.82, 2.24) is 10.1 Å². The standard InChI is InChI=1S/C15H15FN2O2/c1-10-9-13(17-20-10)14-3-2-8-18(14)15(19)11-4-6-12(16)7-5-11/h4-7,9,14H,2-3,8H2,1H3/t14-/m0/s1. The molecule has 3 rings (SSSR count). The fourth-order valence-corrected chi connectivity index (χ4v) is 2.62. The second-order valence-corrected chi connectivity index (χ2v) is 5.03. The minimum atomic E-state index is -0.341. The van der Waals surface area contributed by atoms with Crippen LogP contribution in [0.4, 0.5) is 4.39 Å². The summed E-state index contributed by atoms with van der Waals surface area (Å²) in [5.74, 6) is 0.306. The Bertz CT molecular complexity index is 621. The maximum absolute atomic E-state index is 12.9. The third kappa shape index (κ3) is 2.31. The second-order valence-electron chi connectivity index (χ2n) is 5.03. The second kappa shape index (κ2) is 5.07. The first kappa shape index (κ1) is 12.8. The van der Waals surface area contributed by atoms with Gasteiger partial charge in [-0.3, -0.25) is 4.79 Å². The highest BCUT2D eigenvalue weighted by atomic mass is 19.1. The van der Waals surface area contributed by atoms with E-state index in [4.69, 9.17) is 4.52 Å². The molecule has 1 atom stereocenters. The van der Waals surface area contributed by atoms with Crippen molar-refractivity contribution >= 4 is 5.91 Å². The first-order chi connectivity index (χ1) is 9.65. The molecule has 4 nitrogen and oxygen atoms in total. The van der Waals surface area contributed by atoms with Gasteiger partial charge in [-0.05, 0) is 44.0 Å². The van der Waals surface area contributed by atoms with Crippen molar-refractivity contribution in [2.24, 2.45) is 0 Å². The van der Waals surface area contributed by atoms with E-state index in [1.165, 1.54) is 24.3 Å². The zero-order valence-corrected chi connectivity index (χ0v) is 11.2. The highest BCUT2D eigenvalue weighted by molar-refractivity contribution is 5.94. The Kier molecular flexibility index (Phi) is 3.26. The van der Waals surface area contributed by atoms with E-state index in [9.17, 15) is 9.18 Å². The van der Waals surface area contributed by atoms with Gasteiger partial charge in [0.1, 0.15) is 17.3 Å². The molecule has 2 heterocycles. The van der Waals surface area contributed by atoms with E-state index in [0.717, 1.165) is 24.3 Å². The molecule has 5 heteroatoms. The van der Waals surface area contributed by atoms with Crippen molar-refractivity contribution in [3.63, 3.8) is 0 Å². The Hall–Kier alpha value is -2.17. The summed E-state index contributed by atoms with van der Waals surface area (Å²) in [7, 11) is 0. The molecule has 2 aromatic rings. The van der Waals surface area contributed by atoms with Crippen LogP contribution in [-0.4, -0.2) is 22.5 Å². The first-order valence-corrected chi connectivity index (χ1v) is 6.65. The summed E-state index contributed by atoms with van der Waals surface area (Å²) in [4.78, 5) is 14.3. The van der Waals surface area contributed by atoms with Crippen molar-refractivity contribution < 1.29 is 13.7 Å². The number of halogens is 1. The lowest BCUT2D eigenvalue weighted by Gasteiger charge is -2.23. The SMILES string of the molecule is Cc1cc([C@@H]2CCCN2C(=O)c2ccc(F)cc2)no1. The molecule has 1 fully saturated rings. The van der Waals surface area contributed by atoms with Gasteiger partial charge < -0.3 is 9.42 Å². The fraction of sp³-hybridized carbons (Fsp3) is 0.333. The number of benzene rings is 1. The third-order valence-electron chi connectivity index (χ3n) is 3.59. The maximum Gasteiger partial charge on any atom is 0.254 e. The number of aryl methyl sites for hydroxylation is 1. The van der Waals surface area contributed by atoms with Gasteiger partial charge in [-0.25, -0.2) is 4.39 Å². The van der Waals surface area contributed by atoms with E-state index < -0.39 is 0 Å². The molecule has 0 bridgehead atoms. The van der Waals surface area contributed by atoms with E-state index in [2.05, 4.69) is 5.16 Å². The molecule has 1 aliphatic rings. The summed E-state index contributed by atoms with van der Waals surface area (Å²) >= 11 is 0. The van der Waals surface area contributed by atoms with Gasteiger partial charge in [-0.2, -0.15) is 0 Å². The van der Waals surface area contributed by atoms with Gasteiger partial charge in [-0.15, -0.1) is 0 Å². The van der Waals surface area contributed by atoms with Crippen molar-refractivity contribution in [2.75, 3.05) is 6.54 Å². The molecule has 0 aliphatic carbocycles. The molecule has 0 saturated carbocycles. The smallest absolute Gasteiger partial charge is 0.254 e. The van der Waals surface area contributed by atoms with E-state index in [1.807, 2.05) is 13.0 Å². The van der Waals surface area contributed by atoms with Crippen LogP contribution in [0.25, 0.3) is 0 Å². The molecule has 1 saturated heterocycles. The van der Waals surface area contributed by atoms with E-state index in [1.54, 1.807) is 4.90 Å². The van der Waals surface area contributed by atoms with Gasteiger partial charge in [0.25, 0.3) is 5.91 Å². The number of aromatic nitrogens is 1. The minimum absolute atomic E-state index is 0.0509. The van der Waals surface area contributed by atoms with Gasteiger partial charge in [0.2, 0.25) is 0 Å². The van der Waals surface area contributed by atoms with Crippen LogP contribution in [-0.2, 0) is 0 Å². The van der Waals surface area contributed by atoms with E-state index in [0.29, 0.717) is 12.1 Å². The number of rotatable bonds is 2. The highest BCUT2D eigenvalue weighted by Crippen LogP contribution is 2.32. The van der Waals surface area contributed by atoms with Crippen LogP contribution in [0.1, 0.15) is 40.7 Å². The Morgan fingerprint density at radius 1 is 1.40 bits per heavy atom. The third-order valence-corrected chi connectivity index (χ3v) is 3.59. The maximum atomic E-state index is 12.9. The van der Waals surface area contributed by atoms with Crippen LogP contribution >= 0.6 is 0 Å². The zero-order valence-electron chi connectivity index (χ0n) is 11.2. The van der Waals surface area contributed by atoms with Crippen LogP contribution < -0.4 is 0 Å². The van der Waals surface area contributed by atoms with Crippen LogP contribution in [0, 0.1) is 12.7 Å². The van der Waals surface area contributed by atoms with Gasteiger partial charge in [0.05, 0.1) is 6.04 Å². The monoisotopic (exact) mass is 274 g/mol. The van der Waals surface area contributed by atoms with E-state index >= 15 is 0 Å². The van der Waals surface area contributed by atoms with Gasteiger partial charge in [0.15, 0.2) is 0 Å². The molecule has 1 aliphatic heterocycles. The zero-order chi connectivity index (χ0) is 14.1. The molecule has 1 amide bonds. The lowest BCUT2D eigenvalue weighted by Crippen LogP contribution is -2.30. The summed E-state index contributed by atoms with van der Waals surface area (Å²) in [6.07, 6.45) is 1.81. The molecule has 0 N–H and O–H groups in total.